The highest BCUT2D eigenvalue weighted by Crippen LogP contribution is 2.24. The molecule has 0 aliphatic carbocycles. The first-order valence-corrected chi connectivity index (χ1v) is 7.43. The van der Waals surface area contributed by atoms with Crippen LogP contribution in [-0.4, -0.2) is 34.4 Å². The Kier molecular flexibility index (Phi) is 3.40. The minimum atomic E-state index is -0.0242. The first-order valence-electron chi connectivity index (χ1n) is 6.55. The normalized spacial score (nSPS) is 14.0. The quantitative estimate of drug-likeness (QED) is 0.919. The van der Waals surface area contributed by atoms with Gasteiger partial charge in [-0.2, -0.15) is 0 Å². The Balaban J connectivity index is 1.85. The number of carbonyl (C=O) groups is 1. The molecule has 0 atom stereocenters. The van der Waals surface area contributed by atoms with Crippen molar-refractivity contribution in [2.24, 2.45) is 0 Å². The molecule has 1 amide bonds. The van der Waals surface area contributed by atoms with E-state index in [2.05, 4.69) is 26.7 Å². The molecule has 0 saturated heterocycles. The van der Waals surface area contributed by atoms with E-state index in [0.29, 0.717) is 18.2 Å². The van der Waals surface area contributed by atoms with E-state index in [1.165, 1.54) is 10.4 Å². The van der Waals surface area contributed by atoms with Crippen LogP contribution in [0.25, 0.3) is 0 Å². The van der Waals surface area contributed by atoms with E-state index >= 15 is 0 Å². The molecule has 2 aromatic rings. The molecule has 0 radical (unpaired) electrons. The second kappa shape index (κ2) is 5.20. The average Bonchev–Trinajstić information content (AvgIpc) is 2.93. The number of amides is 1. The third kappa shape index (κ3) is 2.38. The second-order valence-corrected chi connectivity index (χ2v) is 5.81. The zero-order chi connectivity index (χ0) is 14.1. The molecule has 1 N–H and O–H groups in total. The number of hydrogen-bond acceptors (Lipinski definition) is 5. The number of fused-ring (bicyclic) bond motifs is 1. The minimum absolute atomic E-state index is 0.0242. The van der Waals surface area contributed by atoms with Gasteiger partial charge in [-0.15, -0.1) is 11.3 Å². The Morgan fingerprint density at radius 3 is 3.10 bits per heavy atom. The Hall–Kier alpha value is -1.95. The largest absolute Gasteiger partial charge is 0.357 e. The van der Waals surface area contributed by atoms with Gasteiger partial charge in [0.25, 0.3) is 5.91 Å². The number of rotatable bonds is 2. The van der Waals surface area contributed by atoms with Gasteiger partial charge in [0.1, 0.15) is 5.69 Å². The Labute approximate surface area is 121 Å². The number of anilines is 1. The van der Waals surface area contributed by atoms with E-state index in [0.717, 1.165) is 18.7 Å². The summed E-state index contributed by atoms with van der Waals surface area (Å²) in [7, 11) is 1.75. The highest BCUT2D eigenvalue weighted by Gasteiger charge is 2.23. The van der Waals surface area contributed by atoms with Gasteiger partial charge in [0.05, 0.1) is 0 Å². The fraction of sp³-hybridized carbons (Fsp3) is 0.357. The van der Waals surface area contributed by atoms with Gasteiger partial charge >= 0.3 is 0 Å². The molecular weight excluding hydrogens is 272 g/mol. The van der Waals surface area contributed by atoms with Crippen LogP contribution in [-0.2, 0) is 13.0 Å². The lowest BCUT2D eigenvalue weighted by molar-refractivity contribution is 0.0729. The van der Waals surface area contributed by atoms with Crippen molar-refractivity contribution in [3.63, 3.8) is 0 Å². The molecule has 2 aromatic heterocycles. The van der Waals surface area contributed by atoms with Gasteiger partial charge in [-0.3, -0.25) is 4.79 Å². The van der Waals surface area contributed by atoms with Crippen LogP contribution in [0.1, 0.15) is 26.6 Å². The highest BCUT2D eigenvalue weighted by molar-refractivity contribution is 7.10. The maximum atomic E-state index is 12.6. The molecule has 0 saturated carbocycles. The molecule has 3 rings (SSSR count). The SMILES string of the molecule is CNc1nc(C)cc(C(=O)N2CCc3sccc3C2)n1. The van der Waals surface area contributed by atoms with Crippen LogP contribution >= 0.6 is 11.3 Å². The Bertz CT molecular complexity index is 652. The number of hydrogen-bond donors (Lipinski definition) is 1. The predicted molar refractivity (Wildman–Crippen MR) is 79.1 cm³/mol. The van der Waals surface area contributed by atoms with Gasteiger partial charge in [-0.05, 0) is 36.4 Å². The summed E-state index contributed by atoms with van der Waals surface area (Å²) in [5, 5.41) is 4.98. The molecule has 0 spiro atoms. The summed E-state index contributed by atoms with van der Waals surface area (Å²) < 4.78 is 0. The Morgan fingerprint density at radius 2 is 2.30 bits per heavy atom. The summed E-state index contributed by atoms with van der Waals surface area (Å²) in [6.07, 6.45) is 0.932. The summed E-state index contributed by atoms with van der Waals surface area (Å²) in [5.41, 5.74) is 2.51. The van der Waals surface area contributed by atoms with Gasteiger partial charge in [0.2, 0.25) is 5.95 Å². The lowest BCUT2D eigenvalue weighted by Gasteiger charge is -2.26. The summed E-state index contributed by atoms with van der Waals surface area (Å²) in [5.74, 6) is 0.463. The van der Waals surface area contributed by atoms with Crippen LogP contribution in [0.15, 0.2) is 17.5 Å². The van der Waals surface area contributed by atoms with Crippen molar-refractivity contribution in [2.45, 2.75) is 19.9 Å². The lowest BCUT2D eigenvalue weighted by atomic mass is 10.1. The zero-order valence-electron chi connectivity index (χ0n) is 11.5. The number of nitrogens with one attached hydrogen (secondary N) is 1. The summed E-state index contributed by atoms with van der Waals surface area (Å²) in [6.45, 7) is 3.30. The first kappa shape index (κ1) is 13.1. The summed E-state index contributed by atoms with van der Waals surface area (Å²) >= 11 is 1.77. The van der Waals surface area contributed by atoms with Crippen LogP contribution in [0.3, 0.4) is 0 Å². The van der Waals surface area contributed by atoms with Gasteiger partial charge in [-0.1, -0.05) is 0 Å². The van der Waals surface area contributed by atoms with E-state index in [-0.39, 0.29) is 5.91 Å². The molecule has 104 valence electrons. The molecule has 5 nitrogen and oxygen atoms in total. The predicted octanol–water partition coefficient (Wildman–Crippen LogP) is 2.09. The third-order valence-corrected chi connectivity index (χ3v) is 4.41. The van der Waals surface area contributed by atoms with E-state index in [1.54, 1.807) is 24.5 Å². The highest BCUT2D eigenvalue weighted by atomic mass is 32.1. The van der Waals surface area contributed by atoms with E-state index in [4.69, 9.17) is 0 Å². The first-order chi connectivity index (χ1) is 9.67. The smallest absolute Gasteiger partial charge is 0.272 e. The molecule has 1 aliphatic heterocycles. The van der Waals surface area contributed by atoms with Crippen LogP contribution in [0.2, 0.25) is 0 Å². The summed E-state index contributed by atoms with van der Waals surface area (Å²) in [6, 6.07) is 3.84. The minimum Gasteiger partial charge on any atom is -0.357 e. The van der Waals surface area contributed by atoms with Crippen molar-refractivity contribution in [1.82, 2.24) is 14.9 Å². The van der Waals surface area contributed by atoms with Crippen LogP contribution in [0.5, 0.6) is 0 Å². The van der Waals surface area contributed by atoms with Gasteiger partial charge in [0, 0.05) is 30.7 Å². The van der Waals surface area contributed by atoms with Gasteiger partial charge < -0.3 is 10.2 Å². The average molecular weight is 288 g/mol. The molecule has 0 aromatic carbocycles. The molecule has 0 bridgehead atoms. The monoisotopic (exact) mass is 288 g/mol. The van der Waals surface area contributed by atoms with Crippen molar-refractivity contribution in [3.8, 4) is 0 Å². The molecule has 0 unspecified atom stereocenters. The number of aromatic nitrogens is 2. The van der Waals surface area contributed by atoms with Crippen LogP contribution in [0, 0.1) is 6.92 Å². The van der Waals surface area contributed by atoms with Crippen LogP contribution < -0.4 is 5.32 Å². The fourth-order valence-electron chi connectivity index (χ4n) is 2.37. The molecule has 0 fully saturated rings. The Morgan fingerprint density at radius 1 is 1.45 bits per heavy atom. The standard InChI is InChI=1S/C14H16N4OS/c1-9-7-11(17-14(15-2)16-9)13(19)18-5-3-12-10(8-18)4-6-20-12/h4,6-7H,3,5,8H2,1-2H3,(H,15,16,17). The van der Waals surface area contributed by atoms with Crippen molar-refractivity contribution in [1.29, 1.82) is 0 Å². The van der Waals surface area contributed by atoms with Crippen LogP contribution in [0.4, 0.5) is 5.95 Å². The molecular formula is C14H16N4OS. The molecule has 6 heteroatoms. The maximum Gasteiger partial charge on any atom is 0.272 e. The number of nitrogens with zero attached hydrogens (tertiary/aromatic N) is 3. The van der Waals surface area contributed by atoms with E-state index < -0.39 is 0 Å². The van der Waals surface area contributed by atoms with E-state index in [9.17, 15) is 4.79 Å². The van der Waals surface area contributed by atoms with Crippen molar-refractivity contribution < 1.29 is 4.79 Å². The molecule has 20 heavy (non-hydrogen) atoms. The summed E-state index contributed by atoms with van der Waals surface area (Å²) in [4.78, 5) is 24.3. The topological polar surface area (TPSA) is 58.1 Å². The molecule has 3 heterocycles. The second-order valence-electron chi connectivity index (χ2n) is 4.81. The third-order valence-electron chi connectivity index (χ3n) is 3.39. The van der Waals surface area contributed by atoms with Crippen molar-refractivity contribution in [2.75, 3.05) is 18.9 Å². The maximum absolute atomic E-state index is 12.6. The van der Waals surface area contributed by atoms with Gasteiger partial charge in [-0.25, -0.2) is 9.97 Å². The number of thiophene rings is 1. The van der Waals surface area contributed by atoms with E-state index in [1.807, 2.05) is 11.8 Å². The fourth-order valence-corrected chi connectivity index (χ4v) is 3.26. The van der Waals surface area contributed by atoms with Gasteiger partial charge in [0.15, 0.2) is 0 Å². The number of aryl methyl sites for hydroxylation is 1. The molecule has 1 aliphatic rings. The number of carbonyl (C=O) groups excluding carboxylic acids is 1. The zero-order valence-corrected chi connectivity index (χ0v) is 12.3. The van der Waals surface area contributed by atoms with Crippen molar-refractivity contribution >= 4 is 23.2 Å². The van der Waals surface area contributed by atoms with Crippen molar-refractivity contribution in [3.05, 3.63) is 39.3 Å². The lowest BCUT2D eigenvalue weighted by Crippen LogP contribution is -2.36.